The van der Waals surface area contributed by atoms with E-state index >= 15 is 0 Å². The van der Waals surface area contributed by atoms with Crippen LogP contribution in [0, 0.1) is 0 Å². The summed E-state index contributed by atoms with van der Waals surface area (Å²) in [4.78, 5) is 4.13. The van der Waals surface area contributed by atoms with E-state index in [0.717, 1.165) is 18.5 Å². The molecule has 0 aliphatic rings. The highest BCUT2D eigenvalue weighted by Gasteiger charge is 1.85. The van der Waals surface area contributed by atoms with Crippen molar-refractivity contribution in [3.05, 3.63) is 11.8 Å². The molecule has 0 amide bonds. The Kier molecular flexibility index (Phi) is 6.08. The first kappa shape index (κ1) is 9.37. The van der Waals surface area contributed by atoms with Gasteiger partial charge in [-0.1, -0.05) is 13.8 Å². The van der Waals surface area contributed by atoms with Crippen molar-refractivity contribution in [3.63, 3.8) is 0 Å². The molecular formula is C8H15NO. The summed E-state index contributed by atoms with van der Waals surface area (Å²) in [7, 11) is 0. The molecule has 0 aliphatic heterocycles. The Hall–Kier alpha value is -0.630. The second-order valence-electron chi connectivity index (χ2n) is 1.95. The van der Waals surface area contributed by atoms with Crippen molar-refractivity contribution in [2.75, 3.05) is 6.61 Å². The third kappa shape index (κ3) is 4.27. The molecule has 1 N–H and O–H groups in total. The van der Waals surface area contributed by atoms with Crippen LogP contribution in [0.1, 0.15) is 26.7 Å². The number of hydrogen-bond donors (Lipinski definition) is 1. The van der Waals surface area contributed by atoms with Gasteiger partial charge in [0, 0.05) is 11.9 Å². The highest BCUT2D eigenvalue weighted by Crippen LogP contribution is 2.00. The Bertz CT molecular complexity index is 127. The number of allylic oxidation sites excluding steroid dienone is 1. The molecule has 0 heterocycles. The molecule has 0 aromatic heterocycles. The standard InChI is InChI=1S/C8H15NO/c1-3-6-9-8(4-2)5-7-10/h5-6,10H,3-4,7H2,1-2H3. The quantitative estimate of drug-likeness (QED) is 0.594. The van der Waals surface area contributed by atoms with E-state index in [4.69, 9.17) is 5.11 Å². The molecule has 0 fully saturated rings. The minimum absolute atomic E-state index is 0.0875. The first-order valence-corrected chi connectivity index (χ1v) is 3.67. The summed E-state index contributed by atoms with van der Waals surface area (Å²) in [6.07, 6.45) is 5.41. The lowest BCUT2D eigenvalue weighted by molar-refractivity contribution is 0.341. The number of nitrogens with zero attached hydrogens (tertiary/aromatic N) is 1. The van der Waals surface area contributed by atoms with Crippen molar-refractivity contribution in [2.24, 2.45) is 4.99 Å². The molecule has 0 bridgehead atoms. The highest BCUT2D eigenvalue weighted by molar-refractivity contribution is 5.58. The molecule has 0 unspecified atom stereocenters. The van der Waals surface area contributed by atoms with E-state index in [1.807, 2.05) is 20.1 Å². The summed E-state index contributed by atoms with van der Waals surface area (Å²) >= 11 is 0. The number of aliphatic hydroxyl groups is 1. The zero-order valence-electron chi connectivity index (χ0n) is 6.67. The summed E-state index contributed by atoms with van der Waals surface area (Å²) in [5, 5.41) is 8.52. The zero-order chi connectivity index (χ0) is 7.82. The van der Waals surface area contributed by atoms with Crippen LogP contribution in [0.15, 0.2) is 16.8 Å². The highest BCUT2D eigenvalue weighted by atomic mass is 16.2. The number of rotatable bonds is 4. The minimum Gasteiger partial charge on any atom is -0.392 e. The van der Waals surface area contributed by atoms with Gasteiger partial charge in [-0.05, 0) is 18.9 Å². The largest absolute Gasteiger partial charge is 0.392 e. The fraction of sp³-hybridized carbons (Fsp3) is 0.625. The molecule has 0 radical (unpaired) electrons. The molecule has 2 nitrogen and oxygen atoms in total. The van der Waals surface area contributed by atoms with Crippen molar-refractivity contribution in [2.45, 2.75) is 26.7 Å². The monoisotopic (exact) mass is 141 g/mol. The summed E-state index contributed by atoms with van der Waals surface area (Å²) in [5.41, 5.74) is 0.962. The predicted octanol–water partition coefficient (Wildman–Crippen LogP) is 1.75. The van der Waals surface area contributed by atoms with Gasteiger partial charge in [0.15, 0.2) is 0 Å². The van der Waals surface area contributed by atoms with Crippen molar-refractivity contribution in [1.82, 2.24) is 0 Å². The molecule has 0 atom stereocenters. The third-order valence-corrected chi connectivity index (χ3v) is 1.13. The normalized spacial score (nSPS) is 12.9. The van der Waals surface area contributed by atoms with Crippen LogP contribution in [-0.2, 0) is 0 Å². The van der Waals surface area contributed by atoms with Crippen LogP contribution in [0.3, 0.4) is 0 Å². The fourth-order valence-corrected chi connectivity index (χ4v) is 0.602. The topological polar surface area (TPSA) is 32.6 Å². The maximum Gasteiger partial charge on any atom is 0.0632 e. The molecular weight excluding hydrogens is 126 g/mol. The first-order valence-electron chi connectivity index (χ1n) is 3.67. The van der Waals surface area contributed by atoms with Gasteiger partial charge in [-0.3, -0.25) is 4.99 Å². The van der Waals surface area contributed by atoms with Gasteiger partial charge in [-0.2, -0.15) is 0 Å². The van der Waals surface area contributed by atoms with Gasteiger partial charge in [0.2, 0.25) is 0 Å². The van der Waals surface area contributed by atoms with Crippen LogP contribution in [0.2, 0.25) is 0 Å². The molecule has 2 heteroatoms. The van der Waals surface area contributed by atoms with Crippen LogP contribution >= 0.6 is 0 Å². The average Bonchev–Trinajstić information content (AvgIpc) is 1.98. The van der Waals surface area contributed by atoms with Crippen molar-refractivity contribution < 1.29 is 5.11 Å². The molecule has 0 aromatic rings. The fourth-order valence-electron chi connectivity index (χ4n) is 0.602. The Morgan fingerprint density at radius 2 is 2.20 bits per heavy atom. The SMILES string of the molecule is CCC=NC(=CCO)CC. The maximum atomic E-state index is 8.52. The van der Waals surface area contributed by atoms with E-state index in [1.54, 1.807) is 6.08 Å². The van der Waals surface area contributed by atoms with Crippen LogP contribution in [-0.4, -0.2) is 17.9 Å². The van der Waals surface area contributed by atoms with Crippen molar-refractivity contribution in [3.8, 4) is 0 Å². The average molecular weight is 141 g/mol. The zero-order valence-corrected chi connectivity index (χ0v) is 6.67. The van der Waals surface area contributed by atoms with Crippen LogP contribution < -0.4 is 0 Å². The molecule has 0 rings (SSSR count). The molecule has 0 spiro atoms. The number of hydrogen-bond acceptors (Lipinski definition) is 2. The van der Waals surface area contributed by atoms with Crippen molar-refractivity contribution in [1.29, 1.82) is 0 Å². The van der Waals surface area contributed by atoms with Gasteiger partial charge in [0.05, 0.1) is 6.61 Å². The molecule has 0 saturated carbocycles. The van der Waals surface area contributed by atoms with E-state index in [1.165, 1.54) is 0 Å². The Morgan fingerprint density at radius 3 is 2.60 bits per heavy atom. The van der Waals surface area contributed by atoms with E-state index in [-0.39, 0.29) is 6.61 Å². The smallest absolute Gasteiger partial charge is 0.0632 e. The lowest BCUT2D eigenvalue weighted by Crippen LogP contribution is -1.81. The predicted molar refractivity (Wildman–Crippen MR) is 44.2 cm³/mol. The van der Waals surface area contributed by atoms with Crippen molar-refractivity contribution >= 4 is 6.21 Å². The van der Waals surface area contributed by atoms with Gasteiger partial charge < -0.3 is 5.11 Å². The second-order valence-corrected chi connectivity index (χ2v) is 1.95. The summed E-state index contributed by atoms with van der Waals surface area (Å²) in [6.45, 7) is 4.15. The third-order valence-electron chi connectivity index (χ3n) is 1.13. The molecule has 0 saturated heterocycles. The molecule has 0 aliphatic carbocycles. The van der Waals surface area contributed by atoms with Gasteiger partial charge in [-0.25, -0.2) is 0 Å². The van der Waals surface area contributed by atoms with E-state index in [2.05, 4.69) is 4.99 Å². The second kappa shape index (κ2) is 6.49. The van der Waals surface area contributed by atoms with Crippen LogP contribution in [0.4, 0.5) is 0 Å². The Morgan fingerprint density at radius 1 is 1.50 bits per heavy atom. The van der Waals surface area contributed by atoms with Crippen LogP contribution in [0.5, 0.6) is 0 Å². The van der Waals surface area contributed by atoms with Gasteiger partial charge in [0.25, 0.3) is 0 Å². The summed E-state index contributed by atoms with van der Waals surface area (Å²) < 4.78 is 0. The van der Waals surface area contributed by atoms with Gasteiger partial charge in [0.1, 0.15) is 0 Å². The minimum atomic E-state index is 0.0875. The van der Waals surface area contributed by atoms with E-state index in [9.17, 15) is 0 Å². The van der Waals surface area contributed by atoms with Crippen LogP contribution in [0.25, 0.3) is 0 Å². The lowest BCUT2D eigenvalue weighted by Gasteiger charge is -1.93. The first-order chi connectivity index (χ1) is 4.85. The number of aliphatic imine (C=N–C) groups is 1. The molecule has 10 heavy (non-hydrogen) atoms. The number of aliphatic hydroxyl groups excluding tert-OH is 1. The van der Waals surface area contributed by atoms with Gasteiger partial charge in [-0.15, -0.1) is 0 Å². The lowest BCUT2D eigenvalue weighted by atomic mass is 10.3. The van der Waals surface area contributed by atoms with E-state index in [0.29, 0.717) is 0 Å². The van der Waals surface area contributed by atoms with E-state index < -0.39 is 0 Å². The summed E-state index contributed by atoms with van der Waals surface area (Å²) in [5.74, 6) is 0. The Labute approximate surface area is 62.3 Å². The maximum absolute atomic E-state index is 8.52. The molecule has 0 aromatic carbocycles. The van der Waals surface area contributed by atoms with Gasteiger partial charge >= 0.3 is 0 Å². The summed E-state index contributed by atoms with van der Waals surface area (Å²) in [6, 6.07) is 0. The Balaban J connectivity index is 3.82. The molecule has 58 valence electrons.